The van der Waals surface area contributed by atoms with Gasteiger partial charge in [0.1, 0.15) is 28.3 Å². The van der Waals surface area contributed by atoms with Crippen molar-refractivity contribution in [2.24, 2.45) is 5.92 Å². The van der Waals surface area contributed by atoms with Gasteiger partial charge in [-0.1, -0.05) is 11.6 Å². The second kappa shape index (κ2) is 9.08. The van der Waals surface area contributed by atoms with Crippen LogP contribution in [0.1, 0.15) is 72.5 Å². The Morgan fingerprint density at radius 1 is 1.32 bits per heavy atom. The Morgan fingerprint density at radius 2 is 2.09 bits per heavy atom. The summed E-state index contributed by atoms with van der Waals surface area (Å²) >= 11 is 0. The molecule has 1 aromatic carbocycles. The number of morpholine rings is 1. The van der Waals surface area contributed by atoms with Gasteiger partial charge in [-0.05, 0) is 72.9 Å². The molecule has 1 amide bonds. The van der Waals surface area contributed by atoms with Crippen molar-refractivity contribution in [1.82, 2.24) is 4.90 Å². The fourth-order valence-electron chi connectivity index (χ4n) is 5.36. The number of nitrogens with zero attached hydrogens (tertiary/aromatic N) is 1. The Balaban J connectivity index is 1.60. The monoisotopic (exact) mass is 473 g/mol. The van der Waals surface area contributed by atoms with E-state index < -0.39 is 16.8 Å². The van der Waals surface area contributed by atoms with E-state index in [9.17, 15) is 9.90 Å². The van der Waals surface area contributed by atoms with E-state index in [1.54, 1.807) is 17.0 Å². The Bertz CT molecular complexity index is 949. The molecule has 0 aliphatic carbocycles. The highest BCUT2D eigenvalue weighted by Crippen LogP contribution is 2.54. The predicted molar refractivity (Wildman–Crippen MR) is 129 cm³/mol. The van der Waals surface area contributed by atoms with Crippen LogP contribution in [-0.2, 0) is 14.2 Å². The average molecular weight is 474 g/mol. The zero-order chi connectivity index (χ0) is 24.7. The quantitative estimate of drug-likeness (QED) is 0.595. The fraction of sp³-hybridized carbons (Fsp3) is 0.667. The first-order valence-corrected chi connectivity index (χ1v) is 12.3. The van der Waals surface area contributed by atoms with Crippen molar-refractivity contribution in [2.45, 2.75) is 83.7 Å². The molecule has 2 fully saturated rings. The number of amides is 1. The molecule has 3 aliphatic rings. The van der Waals surface area contributed by atoms with Crippen molar-refractivity contribution in [3.8, 4) is 11.5 Å². The van der Waals surface area contributed by atoms with E-state index in [4.69, 9.17) is 18.9 Å². The maximum absolute atomic E-state index is 12.8. The molecule has 7 heteroatoms. The van der Waals surface area contributed by atoms with Crippen LogP contribution in [0.15, 0.2) is 29.8 Å². The minimum absolute atomic E-state index is 0.0300. The topological polar surface area (TPSA) is 77.5 Å². The molecule has 0 unspecified atom stereocenters. The van der Waals surface area contributed by atoms with Gasteiger partial charge >= 0.3 is 6.09 Å². The highest BCUT2D eigenvalue weighted by Gasteiger charge is 2.55. The number of benzene rings is 1. The molecule has 0 radical (unpaired) electrons. The van der Waals surface area contributed by atoms with Gasteiger partial charge in [0.2, 0.25) is 0 Å². The lowest BCUT2D eigenvalue weighted by Gasteiger charge is -2.55. The number of carbonyl (C=O) groups excluding carboxylic acids is 1. The molecule has 1 aromatic rings. The third kappa shape index (κ3) is 5.20. The maximum atomic E-state index is 12.8. The standard InChI is InChI=1S/C27H39NO6/c1-18(2)8-7-11-26(6)21-15-27(16-28(12-13-32-27)24(30)34-25(3,4)5)17-31-23(21)20-10-9-19(29)14-22(20)33-26/h8-10,14,21,23,29H,7,11-13,15-17H2,1-6H3/t21-,23+,26+,27+/m0/s1. The number of aromatic hydroxyl groups is 1. The summed E-state index contributed by atoms with van der Waals surface area (Å²) in [6, 6.07) is 5.25. The SMILES string of the molecule is CC(C)=CCC[C@@]1(C)Oc2cc(O)ccc2[C@H]2OC[C@@]3(C[C@@H]21)CN(C(=O)OC(C)(C)C)CCO3. The number of hydrogen-bond acceptors (Lipinski definition) is 6. The van der Waals surface area contributed by atoms with Crippen LogP contribution in [0.4, 0.5) is 4.79 Å². The van der Waals surface area contributed by atoms with Crippen LogP contribution in [0.5, 0.6) is 11.5 Å². The average Bonchev–Trinajstić information content (AvgIpc) is 2.72. The number of hydrogen-bond donors (Lipinski definition) is 1. The van der Waals surface area contributed by atoms with Crippen LogP contribution in [0.2, 0.25) is 0 Å². The molecule has 0 saturated carbocycles. The molecule has 2 saturated heterocycles. The summed E-state index contributed by atoms with van der Waals surface area (Å²) in [6.07, 6.45) is 4.15. The minimum atomic E-state index is -0.605. The normalized spacial score (nSPS) is 30.7. The van der Waals surface area contributed by atoms with Gasteiger partial charge in [-0.25, -0.2) is 4.79 Å². The van der Waals surface area contributed by atoms with Gasteiger partial charge in [0.05, 0.1) is 25.9 Å². The van der Waals surface area contributed by atoms with Crippen LogP contribution in [0, 0.1) is 5.92 Å². The lowest BCUT2D eigenvalue weighted by Crippen LogP contribution is -2.63. The van der Waals surface area contributed by atoms with Crippen molar-refractivity contribution in [2.75, 3.05) is 26.3 Å². The van der Waals surface area contributed by atoms with Crippen molar-refractivity contribution < 1.29 is 28.8 Å². The van der Waals surface area contributed by atoms with Crippen molar-refractivity contribution in [3.05, 3.63) is 35.4 Å². The second-order valence-corrected chi connectivity index (χ2v) is 11.4. The van der Waals surface area contributed by atoms with Crippen LogP contribution in [0.25, 0.3) is 0 Å². The first kappa shape index (κ1) is 24.9. The fourth-order valence-corrected chi connectivity index (χ4v) is 5.36. The highest BCUT2D eigenvalue weighted by atomic mass is 16.6. The van der Waals surface area contributed by atoms with Gasteiger partial charge in [-0.15, -0.1) is 0 Å². The first-order chi connectivity index (χ1) is 15.9. The third-order valence-corrected chi connectivity index (χ3v) is 7.01. The lowest BCUT2D eigenvalue weighted by molar-refractivity contribution is -0.231. The van der Waals surface area contributed by atoms with E-state index in [1.165, 1.54) is 5.57 Å². The van der Waals surface area contributed by atoms with Crippen molar-refractivity contribution in [3.63, 3.8) is 0 Å². The Labute approximate surface area is 203 Å². The number of phenolic OH excluding ortho intramolecular Hbond substituents is 1. The summed E-state index contributed by atoms with van der Waals surface area (Å²) in [5.74, 6) is 0.888. The molecule has 188 valence electrons. The smallest absolute Gasteiger partial charge is 0.410 e. The van der Waals surface area contributed by atoms with Crippen LogP contribution in [0.3, 0.4) is 0 Å². The number of phenols is 1. The molecule has 3 heterocycles. The number of carbonyl (C=O) groups is 1. The molecule has 4 atom stereocenters. The Kier molecular flexibility index (Phi) is 6.64. The zero-order valence-electron chi connectivity index (χ0n) is 21.3. The molecular formula is C27H39NO6. The van der Waals surface area contributed by atoms with Crippen LogP contribution >= 0.6 is 0 Å². The predicted octanol–water partition coefficient (Wildman–Crippen LogP) is 5.37. The van der Waals surface area contributed by atoms with Gasteiger partial charge in [0, 0.05) is 24.1 Å². The van der Waals surface area contributed by atoms with E-state index in [1.807, 2.05) is 26.8 Å². The summed E-state index contributed by atoms with van der Waals surface area (Å²) in [5, 5.41) is 10.1. The van der Waals surface area contributed by atoms with Crippen molar-refractivity contribution >= 4 is 6.09 Å². The number of allylic oxidation sites excluding steroid dienone is 2. The van der Waals surface area contributed by atoms with E-state index in [2.05, 4.69) is 26.8 Å². The molecule has 1 N–H and O–H groups in total. The second-order valence-electron chi connectivity index (χ2n) is 11.4. The number of ether oxygens (including phenoxy) is 4. The van der Waals surface area contributed by atoms with Gasteiger partial charge in [0.25, 0.3) is 0 Å². The molecule has 0 bridgehead atoms. The van der Waals surface area contributed by atoms with Gasteiger partial charge < -0.3 is 29.0 Å². The zero-order valence-corrected chi connectivity index (χ0v) is 21.3. The molecule has 1 spiro atoms. The summed E-state index contributed by atoms with van der Waals surface area (Å²) in [4.78, 5) is 14.5. The van der Waals surface area contributed by atoms with E-state index in [-0.39, 0.29) is 23.9 Å². The Morgan fingerprint density at radius 3 is 2.79 bits per heavy atom. The molecule has 3 aliphatic heterocycles. The Hall–Kier alpha value is -2.25. The number of fused-ring (bicyclic) bond motifs is 3. The first-order valence-electron chi connectivity index (χ1n) is 12.3. The summed E-state index contributed by atoms with van der Waals surface area (Å²) in [6.45, 7) is 13.7. The summed E-state index contributed by atoms with van der Waals surface area (Å²) in [7, 11) is 0. The molecule has 0 aromatic heterocycles. The third-order valence-electron chi connectivity index (χ3n) is 7.01. The lowest BCUT2D eigenvalue weighted by atomic mass is 9.69. The van der Waals surface area contributed by atoms with Gasteiger partial charge in [0.15, 0.2) is 0 Å². The van der Waals surface area contributed by atoms with Crippen molar-refractivity contribution in [1.29, 1.82) is 0 Å². The molecular weight excluding hydrogens is 434 g/mol. The van der Waals surface area contributed by atoms with Crippen LogP contribution in [-0.4, -0.2) is 59.2 Å². The summed E-state index contributed by atoms with van der Waals surface area (Å²) < 4.78 is 25.1. The van der Waals surface area contributed by atoms with E-state index in [0.29, 0.717) is 38.5 Å². The van der Waals surface area contributed by atoms with E-state index >= 15 is 0 Å². The largest absolute Gasteiger partial charge is 0.508 e. The van der Waals surface area contributed by atoms with E-state index in [0.717, 1.165) is 18.4 Å². The molecule has 4 rings (SSSR count). The molecule has 34 heavy (non-hydrogen) atoms. The summed E-state index contributed by atoms with van der Waals surface area (Å²) in [5.41, 5.74) is 0.562. The van der Waals surface area contributed by atoms with Crippen LogP contribution < -0.4 is 4.74 Å². The number of rotatable bonds is 3. The van der Waals surface area contributed by atoms with Gasteiger partial charge in [-0.2, -0.15) is 0 Å². The maximum Gasteiger partial charge on any atom is 0.410 e. The minimum Gasteiger partial charge on any atom is -0.508 e. The highest BCUT2D eigenvalue weighted by molar-refractivity contribution is 5.68. The molecule has 7 nitrogen and oxygen atoms in total. The van der Waals surface area contributed by atoms with Gasteiger partial charge in [-0.3, -0.25) is 0 Å².